The van der Waals surface area contributed by atoms with Gasteiger partial charge in [-0.25, -0.2) is 4.39 Å². The van der Waals surface area contributed by atoms with Crippen LogP contribution in [-0.2, 0) is 6.42 Å². The summed E-state index contributed by atoms with van der Waals surface area (Å²) in [6, 6.07) is 5.71. The molecule has 1 rings (SSSR count). The molecule has 1 nitrogen and oxygen atoms in total. The van der Waals surface area contributed by atoms with Crippen LogP contribution in [0, 0.1) is 5.82 Å². The standard InChI is InChI=1S/C15H23ClFN/c1-3-6-13(18-11-4-2)10-9-12-7-5-8-14(16)15(12)17/h5,7-8,13,18H,3-4,6,9-11H2,1-2H3. The van der Waals surface area contributed by atoms with Gasteiger partial charge in [-0.3, -0.25) is 0 Å². The molecule has 0 saturated heterocycles. The van der Waals surface area contributed by atoms with Gasteiger partial charge in [0.25, 0.3) is 0 Å². The van der Waals surface area contributed by atoms with Crippen LogP contribution >= 0.6 is 11.6 Å². The summed E-state index contributed by atoms with van der Waals surface area (Å²) in [5, 5.41) is 3.74. The van der Waals surface area contributed by atoms with Crippen LogP contribution in [-0.4, -0.2) is 12.6 Å². The second kappa shape index (κ2) is 8.49. The molecule has 0 heterocycles. The van der Waals surface area contributed by atoms with Gasteiger partial charge in [0, 0.05) is 6.04 Å². The summed E-state index contributed by atoms with van der Waals surface area (Å²) in [6.45, 7) is 5.37. The van der Waals surface area contributed by atoms with E-state index in [9.17, 15) is 4.39 Å². The first kappa shape index (κ1) is 15.5. The largest absolute Gasteiger partial charge is 0.314 e. The van der Waals surface area contributed by atoms with E-state index in [0.29, 0.717) is 6.04 Å². The Morgan fingerprint density at radius 1 is 1.22 bits per heavy atom. The molecule has 1 aromatic rings. The molecule has 0 spiro atoms. The molecule has 1 atom stereocenters. The van der Waals surface area contributed by atoms with Gasteiger partial charge in [-0.15, -0.1) is 0 Å². The Morgan fingerprint density at radius 3 is 2.67 bits per heavy atom. The number of hydrogen-bond donors (Lipinski definition) is 1. The number of hydrogen-bond acceptors (Lipinski definition) is 1. The van der Waals surface area contributed by atoms with E-state index >= 15 is 0 Å². The summed E-state index contributed by atoms with van der Waals surface area (Å²) in [5.41, 5.74) is 0.724. The van der Waals surface area contributed by atoms with Crippen LogP contribution in [0.1, 0.15) is 45.1 Å². The van der Waals surface area contributed by atoms with Gasteiger partial charge < -0.3 is 5.32 Å². The molecule has 1 unspecified atom stereocenters. The maximum absolute atomic E-state index is 13.7. The average Bonchev–Trinajstić information content (AvgIpc) is 2.37. The zero-order valence-corrected chi connectivity index (χ0v) is 12.1. The molecule has 0 aliphatic rings. The lowest BCUT2D eigenvalue weighted by Gasteiger charge is -2.18. The lowest BCUT2D eigenvalue weighted by atomic mass is 10.0. The van der Waals surface area contributed by atoms with Crippen molar-refractivity contribution in [2.75, 3.05) is 6.54 Å². The van der Waals surface area contributed by atoms with E-state index in [1.165, 1.54) is 0 Å². The smallest absolute Gasteiger partial charge is 0.144 e. The number of rotatable bonds is 8. The highest BCUT2D eigenvalue weighted by molar-refractivity contribution is 6.30. The van der Waals surface area contributed by atoms with E-state index in [0.717, 1.165) is 44.2 Å². The van der Waals surface area contributed by atoms with Crippen LogP contribution in [0.3, 0.4) is 0 Å². The first-order chi connectivity index (χ1) is 8.69. The minimum atomic E-state index is -0.259. The summed E-state index contributed by atoms with van der Waals surface area (Å²) in [7, 11) is 0. The lowest BCUT2D eigenvalue weighted by Crippen LogP contribution is -2.30. The summed E-state index contributed by atoms with van der Waals surface area (Å²) >= 11 is 5.78. The highest BCUT2D eigenvalue weighted by Gasteiger charge is 2.10. The molecule has 0 amide bonds. The second-order valence-electron chi connectivity index (χ2n) is 4.69. The molecule has 0 bridgehead atoms. The molecule has 0 radical (unpaired) electrons. The quantitative estimate of drug-likeness (QED) is 0.730. The summed E-state index contributed by atoms with van der Waals surface area (Å²) in [6.07, 6.45) is 5.13. The Labute approximate surface area is 115 Å². The monoisotopic (exact) mass is 271 g/mol. The summed E-state index contributed by atoms with van der Waals surface area (Å²) < 4.78 is 13.7. The predicted octanol–water partition coefficient (Wildman–Crippen LogP) is 4.58. The maximum Gasteiger partial charge on any atom is 0.144 e. The predicted molar refractivity (Wildman–Crippen MR) is 76.7 cm³/mol. The molecule has 0 fully saturated rings. The normalized spacial score (nSPS) is 12.7. The fourth-order valence-electron chi connectivity index (χ4n) is 2.12. The number of aryl methyl sites for hydroxylation is 1. The highest BCUT2D eigenvalue weighted by atomic mass is 35.5. The Balaban J connectivity index is 2.52. The van der Waals surface area contributed by atoms with E-state index in [2.05, 4.69) is 19.2 Å². The molecule has 1 N–H and O–H groups in total. The van der Waals surface area contributed by atoms with Crippen LogP contribution in [0.2, 0.25) is 5.02 Å². The van der Waals surface area contributed by atoms with E-state index in [4.69, 9.17) is 11.6 Å². The summed E-state index contributed by atoms with van der Waals surface area (Å²) in [5.74, 6) is -0.259. The van der Waals surface area contributed by atoms with Gasteiger partial charge in [-0.2, -0.15) is 0 Å². The van der Waals surface area contributed by atoms with Crippen molar-refractivity contribution in [1.82, 2.24) is 5.32 Å². The minimum absolute atomic E-state index is 0.223. The first-order valence-corrected chi connectivity index (χ1v) is 7.23. The number of halogens is 2. The van der Waals surface area contributed by atoms with Crippen molar-refractivity contribution in [3.63, 3.8) is 0 Å². The molecule has 0 aliphatic heterocycles. The minimum Gasteiger partial charge on any atom is -0.314 e. The van der Waals surface area contributed by atoms with Crippen LogP contribution in [0.15, 0.2) is 18.2 Å². The molecule has 18 heavy (non-hydrogen) atoms. The molecule has 0 saturated carbocycles. The summed E-state index contributed by atoms with van der Waals surface area (Å²) in [4.78, 5) is 0. The van der Waals surface area contributed by atoms with E-state index in [1.807, 2.05) is 12.1 Å². The first-order valence-electron chi connectivity index (χ1n) is 6.85. The van der Waals surface area contributed by atoms with E-state index in [-0.39, 0.29) is 10.8 Å². The van der Waals surface area contributed by atoms with Crippen LogP contribution < -0.4 is 5.32 Å². The topological polar surface area (TPSA) is 12.0 Å². The van der Waals surface area contributed by atoms with Gasteiger partial charge in [0.2, 0.25) is 0 Å². The van der Waals surface area contributed by atoms with Crippen LogP contribution in [0.5, 0.6) is 0 Å². The van der Waals surface area contributed by atoms with Crippen LogP contribution in [0.25, 0.3) is 0 Å². The van der Waals surface area contributed by atoms with E-state index in [1.54, 1.807) is 6.07 Å². The number of benzene rings is 1. The molecular weight excluding hydrogens is 249 g/mol. The zero-order chi connectivity index (χ0) is 13.4. The van der Waals surface area contributed by atoms with Gasteiger partial charge in [-0.05, 0) is 43.9 Å². The zero-order valence-electron chi connectivity index (χ0n) is 11.3. The molecular formula is C15H23ClFN. The third-order valence-corrected chi connectivity index (χ3v) is 3.41. The number of nitrogens with one attached hydrogen (secondary N) is 1. The molecule has 0 aromatic heterocycles. The Bertz CT molecular complexity index is 354. The molecule has 0 aliphatic carbocycles. The maximum atomic E-state index is 13.7. The lowest BCUT2D eigenvalue weighted by molar-refractivity contribution is 0.445. The molecule has 1 aromatic carbocycles. The van der Waals surface area contributed by atoms with Crippen molar-refractivity contribution in [3.8, 4) is 0 Å². The van der Waals surface area contributed by atoms with Gasteiger partial charge in [0.15, 0.2) is 0 Å². The van der Waals surface area contributed by atoms with Crippen LogP contribution in [0.4, 0.5) is 4.39 Å². The Hall–Kier alpha value is -0.600. The SMILES string of the molecule is CCCNC(CCC)CCc1cccc(Cl)c1F. The Morgan fingerprint density at radius 2 is 2.00 bits per heavy atom. The van der Waals surface area contributed by atoms with Crippen molar-refractivity contribution in [3.05, 3.63) is 34.6 Å². The van der Waals surface area contributed by atoms with Crippen molar-refractivity contribution < 1.29 is 4.39 Å². The van der Waals surface area contributed by atoms with E-state index < -0.39 is 0 Å². The fraction of sp³-hybridized carbons (Fsp3) is 0.600. The molecule has 3 heteroatoms. The van der Waals surface area contributed by atoms with Crippen molar-refractivity contribution >= 4 is 11.6 Å². The third kappa shape index (κ3) is 4.95. The average molecular weight is 272 g/mol. The second-order valence-corrected chi connectivity index (χ2v) is 5.10. The Kier molecular flexibility index (Phi) is 7.29. The third-order valence-electron chi connectivity index (χ3n) is 3.11. The van der Waals surface area contributed by atoms with Crippen molar-refractivity contribution in [2.24, 2.45) is 0 Å². The van der Waals surface area contributed by atoms with Crippen molar-refractivity contribution in [1.29, 1.82) is 0 Å². The fourth-order valence-corrected chi connectivity index (χ4v) is 2.31. The molecule has 102 valence electrons. The van der Waals surface area contributed by atoms with Gasteiger partial charge >= 0.3 is 0 Å². The van der Waals surface area contributed by atoms with Gasteiger partial charge in [-0.1, -0.05) is 44.0 Å². The van der Waals surface area contributed by atoms with Crippen molar-refractivity contribution in [2.45, 2.75) is 52.0 Å². The highest BCUT2D eigenvalue weighted by Crippen LogP contribution is 2.20. The van der Waals surface area contributed by atoms with Gasteiger partial charge in [0.1, 0.15) is 5.82 Å². The van der Waals surface area contributed by atoms with Gasteiger partial charge in [0.05, 0.1) is 5.02 Å².